The summed E-state index contributed by atoms with van der Waals surface area (Å²) in [6, 6.07) is 8.47. The van der Waals surface area contributed by atoms with Gasteiger partial charge in [0.05, 0.1) is 17.6 Å². The molecular weight excluding hydrogens is 212 g/mol. The normalized spacial score (nSPS) is 10.7. The van der Waals surface area contributed by atoms with Crippen LogP contribution in [-0.2, 0) is 13.0 Å². The van der Waals surface area contributed by atoms with Gasteiger partial charge in [-0.05, 0) is 31.2 Å². The zero-order valence-electron chi connectivity index (χ0n) is 10.3. The Kier molecular flexibility index (Phi) is 3.88. The number of benzene rings is 1. The Bertz CT molecular complexity index is 459. The first-order chi connectivity index (χ1) is 8.33. The fourth-order valence-corrected chi connectivity index (χ4v) is 1.79. The van der Waals surface area contributed by atoms with E-state index >= 15 is 0 Å². The van der Waals surface area contributed by atoms with Crippen molar-refractivity contribution in [3.63, 3.8) is 0 Å². The highest BCUT2D eigenvalue weighted by Crippen LogP contribution is 2.10. The van der Waals surface area contributed by atoms with Crippen LogP contribution in [0.3, 0.4) is 0 Å². The van der Waals surface area contributed by atoms with Crippen molar-refractivity contribution in [2.75, 3.05) is 7.05 Å². The van der Waals surface area contributed by atoms with E-state index in [9.17, 15) is 0 Å². The summed E-state index contributed by atoms with van der Waals surface area (Å²) in [5.41, 5.74) is 3.37. The Morgan fingerprint density at radius 1 is 1.24 bits per heavy atom. The molecule has 1 heterocycles. The maximum Gasteiger partial charge on any atom is 0.0969 e. The molecule has 17 heavy (non-hydrogen) atoms. The van der Waals surface area contributed by atoms with Crippen molar-refractivity contribution < 1.29 is 0 Å². The number of nitrogens with one attached hydrogen (secondary N) is 1. The van der Waals surface area contributed by atoms with Crippen LogP contribution in [-0.4, -0.2) is 22.0 Å². The predicted octanol–water partition coefficient (Wildman–Crippen LogP) is 1.94. The van der Waals surface area contributed by atoms with Gasteiger partial charge in [-0.15, -0.1) is 5.10 Å². The van der Waals surface area contributed by atoms with Crippen LogP contribution in [0.5, 0.6) is 0 Å². The van der Waals surface area contributed by atoms with Crippen molar-refractivity contribution in [3.8, 4) is 5.69 Å². The number of aromatic nitrogens is 3. The van der Waals surface area contributed by atoms with Gasteiger partial charge >= 0.3 is 0 Å². The molecule has 0 fully saturated rings. The summed E-state index contributed by atoms with van der Waals surface area (Å²) in [4.78, 5) is 0. The smallest absolute Gasteiger partial charge is 0.0969 e. The lowest BCUT2D eigenvalue weighted by Gasteiger charge is -2.02. The molecule has 90 valence electrons. The zero-order valence-corrected chi connectivity index (χ0v) is 10.3. The largest absolute Gasteiger partial charge is 0.314 e. The van der Waals surface area contributed by atoms with Gasteiger partial charge in [0, 0.05) is 6.54 Å². The van der Waals surface area contributed by atoms with Gasteiger partial charge in [-0.2, -0.15) is 0 Å². The number of hydrogen-bond donors (Lipinski definition) is 1. The van der Waals surface area contributed by atoms with Crippen LogP contribution >= 0.6 is 0 Å². The molecule has 4 nitrogen and oxygen atoms in total. The van der Waals surface area contributed by atoms with Crippen LogP contribution in [0.2, 0.25) is 0 Å². The molecule has 0 amide bonds. The summed E-state index contributed by atoms with van der Waals surface area (Å²) in [5, 5.41) is 11.3. The molecule has 2 aromatic rings. The van der Waals surface area contributed by atoms with Crippen molar-refractivity contribution in [1.82, 2.24) is 20.3 Å². The van der Waals surface area contributed by atoms with Crippen LogP contribution in [0, 0.1) is 0 Å². The molecule has 1 aromatic carbocycles. The van der Waals surface area contributed by atoms with E-state index in [1.165, 1.54) is 12.0 Å². The Morgan fingerprint density at radius 3 is 2.65 bits per heavy atom. The molecule has 0 spiro atoms. The molecule has 0 radical (unpaired) electrons. The molecule has 4 heteroatoms. The predicted molar refractivity (Wildman–Crippen MR) is 68.1 cm³/mol. The van der Waals surface area contributed by atoms with E-state index in [2.05, 4.69) is 46.8 Å². The van der Waals surface area contributed by atoms with Gasteiger partial charge in [-0.1, -0.05) is 30.7 Å². The SMILES string of the molecule is CCCc1ccc(-n2cc(CNC)nn2)cc1. The third-order valence-electron chi connectivity index (χ3n) is 2.64. The fourth-order valence-electron chi connectivity index (χ4n) is 1.79. The second-order valence-corrected chi connectivity index (χ2v) is 4.10. The summed E-state index contributed by atoms with van der Waals surface area (Å²) in [7, 11) is 1.90. The van der Waals surface area contributed by atoms with Gasteiger partial charge in [0.25, 0.3) is 0 Å². The van der Waals surface area contributed by atoms with Crippen molar-refractivity contribution in [2.45, 2.75) is 26.3 Å². The molecule has 0 atom stereocenters. The van der Waals surface area contributed by atoms with Crippen molar-refractivity contribution in [2.24, 2.45) is 0 Å². The minimum Gasteiger partial charge on any atom is -0.314 e. The Labute approximate surface area is 102 Å². The van der Waals surface area contributed by atoms with Crippen molar-refractivity contribution in [3.05, 3.63) is 41.7 Å². The summed E-state index contributed by atoms with van der Waals surface area (Å²) < 4.78 is 1.81. The highest BCUT2D eigenvalue weighted by Gasteiger charge is 2.01. The molecule has 0 saturated carbocycles. The summed E-state index contributed by atoms with van der Waals surface area (Å²) in [6.45, 7) is 2.93. The maximum absolute atomic E-state index is 4.11. The second-order valence-electron chi connectivity index (χ2n) is 4.10. The second kappa shape index (κ2) is 5.59. The van der Waals surface area contributed by atoms with E-state index in [4.69, 9.17) is 0 Å². The minimum absolute atomic E-state index is 0.744. The third kappa shape index (κ3) is 2.91. The molecule has 0 unspecified atom stereocenters. The number of nitrogens with zero attached hydrogens (tertiary/aromatic N) is 3. The lowest BCUT2D eigenvalue weighted by molar-refractivity contribution is 0.766. The molecule has 1 N–H and O–H groups in total. The lowest BCUT2D eigenvalue weighted by Crippen LogP contribution is -2.04. The van der Waals surface area contributed by atoms with E-state index in [0.717, 1.165) is 24.3 Å². The lowest BCUT2D eigenvalue weighted by atomic mass is 10.1. The van der Waals surface area contributed by atoms with Crippen LogP contribution in [0.25, 0.3) is 5.69 Å². The molecule has 1 aromatic heterocycles. The van der Waals surface area contributed by atoms with Gasteiger partial charge in [0.1, 0.15) is 0 Å². The molecule has 0 saturated heterocycles. The van der Waals surface area contributed by atoms with Crippen LogP contribution < -0.4 is 5.32 Å². The average Bonchev–Trinajstić information content (AvgIpc) is 2.80. The molecular formula is C13H18N4. The quantitative estimate of drug-likeness (QED) is 0.853. The Morgan fingerprint density at radius 2 is 2.00 bits per heavy atom. The van der Waals surface area contributed by atoms with Crippen LogP contribution in [0.4, 0.5) is 0 Å². The van der Waals surface area contributed by atoms with Gasteiger partial charge in [0.15, 0.2) is 0 Å². The highest BCUT2D eigenvalue weighted by molar-refractivity contribution is 5.33. The minimum atomic E-state index is 0.744. The number of rotatable bonds is 5. The first-order valence-corrected chi connectivity index (χ1v) is 5.98. The van der Waals surface area contributed by atoms with E-state index < -0.39 is 0 Å². The zero-order chi connectivity index (χ0) is 12.1. The fraction of sp³-hybridized carbons (Fsp3) is 0.385. The maximum atomic E-state index is 4.11. The summed E-state index contributed by atoms with van der Waals surface area (Å²) in [5.74, 6) is 0. The molecule has 0 aliphatic rings. The standard InChI is InChI=1S/C13H18N4/c1-3-4-11-5-7-13(8-6-11)17-10-12(9-14-2)15-16-17/h5-8,10,14H,3-4,9H2,1-2H3. The highest BCUT2D eigenvalue weighted by atomic mass is 15.4. The van der Waals surface area contributed by atoms with Gasteiger partial charge < -0.3 is 5.32 Å². The first kappa shape index (κ1) is 11.8. The van der Waals surface area contributed by atoms with E-state index in [0.29, 0.717) is 0 Å². The van der Waals surface area contributed by atoms with E-state index in [1.807, 2.05) is 17.9 Å². The Hall–Kier alpha value is -1.68. The van der Waals surface area contributed by atoms with Gasteiger partial charge in [0.2, 0.25) is 0 Å². The average molecular weight is 230 g/mol. The third-order valence-corrected chi connectivity index (χ3v) is 2.64. The topological polar surface area (TPSA) is 42.7 Å². The first-order valence-electron chi connectivity index (χ1n) is 5.98. The summed E-state index contributed by atoms with van der Waals surface area (Å²) in [6.07, 6.45) is 4.25. The molecule has 0 bridgehead atoms. The van der Waals surface area contributed by atoms with Gasteiger partial charge in [-0.3, -0.25) is 0 Å². The van der Waals surface area contributed by atoms with Gasteiger partial charge in [-0.25, -0.2) is 4.68 Å². The van der Waals surface area contributed by atoms with Crippen LogP contribution in [0.1, 0.15) is 24.6 Å². The van der Waals surface area contributed by atoms with E-state index in [1.54, 1.807) is 0 Å². The van der Waals surface area contributed by atoms with E-state index in [-0.39, 0.29) is 0 Å². The monoisotopic (exact) mass is 230 g/mol. The summed E-state index contributed by atoms with van der Waals surface area (Å²) >= 11 is 0. The molecule has 2 rings (SSSR count). The van der Waals surface area contributed by atoms with Crippen molar-refractivity contribution in [1.29, 1.82) is 0 Å². The molecule has 0 aliphatic heterocycles. The van der Waals surface area contributed by atoms with Crippen LogP contribution in [0.15, 0.2) is 30.5 Å². The number of aryl methyl sites for hydroxylation is 1. The number of hydrogen-bond acceptors (Lipinski definition) is 3. The Balaban J connectivity index is 2.15. The van der Waals surface area contributed by atoms with Crippen molar-refractivity contribution >= 4 is 0 Å². The molecule has 0 aliphatic carbocycles.